The molecule has 0 radical (unpaired) electrons. The molecule has 3 nitrogen and oxygen atoms in total. The summed E-state index contributed by atoms with van der Waals surface area (Å²) in [7, 11) is 1.98. The number of benzene rings is 2. The minimum Gasteiger partial charge on any atom is -0.478 e. The fourth-order valence-corrected chi connectivity index (χ4v) is 2.12. The van der Waals surface area contributed by atoms with Gasteiger partial charge in [0.2, 0.25) is 0 Å². The summed E-state index contributed by atoms with van der Waals surface area (Å²) in [5, 5.41) is 8.89. The van der Waals surface area contributed by atoms with Crippen LogP contribution < -0.4 is 4.90 Å². The Morgan fingerprint density at radius 2 is 1.47 bits per heavy atom. The lowest BCUT2D eigenvalue weighted by Crippen LogP contribution is -2.10. The summed E-state index contributed by atoms with van der Waals surface area (Å²) in [6.07, 6.45) is 0. The molecule has 2 aromatic carbocycles. The second kappa shape index (κ2) is 5.14. The Bertz CT molecular complexity index is 582. The van der Waals surface area contributed by atoms with Gasteiger partial charge in [-0.3, -0.25) is 0 Å². The van der Waals surface area contributed by atoms with Crippen molar-refractivity contribution in [1.82, 2.24) is 0 Å². The number of rotatable bonds is 3. The average molecular weight is 255 g/mol. The molecule has 0 atom stereocenters. The minimum atomic E-state index is -0.902. The lowest BCUT2D eigenvalue weighted by Gasteiger charge is -2.20. The van der Waals surface area contributed by atoms with Crippen LogP contribution in [0.25, 0.3) is 0 Å². The van der Waals surface area contributed by atoms with Crippen LogP contribution in [0.4, 0.5) is 11.4 Å². The van der Waals surface area contributed by atoms with Gasteiger partial charge in [0.05, 0.1) is 5.56 Å². The van der Waals surface area contributed by atoms with E-state index in [1.807, 2.05) is 24.1 Å². The second-order valence-corrected chi connectivity index (χ2v) is 4.76. The largest absolute Gasteiger partial charge is 0.478 e. The molecule has 0 heterocycles. The van der Waals surface area contributed by atoms with Gasteiger partial charge in [-0.2, -0.15) is 0 Å². The van der Waals surface area contributed by atoms with Crippen molar-refractivity contribution < 1.29 is 9.90 Å². The number of anilines is 2. The van der Waals surface area contributed by atoms with E-state index in [0.717, 1.165) is 11.4 Å². The van der Waals surface area contributed by atoms with Crippen LogP contribution in [0, 0.1) is 13.8 Å². The summed E-state index contributed by atoms with van der Waals surface area (Å²) >= 11 is 0. The first-order valence-corrected chi connectivity index (χ1v) is 6.13. The summed E-state index contributed by atoms with van der Waals surface area (Å²) in [5.41, 5.74) is 4.79. The highest BCUT2D eigenvalue weighted by Gasteiger charge is 2.07. The lowest BCUT2D eigenvalue weighted by molar-refractivity contribution is 0.0697. The average Bonchev–Trinajstić information content (AvgIpc) is 2.37. The molecule has 0 saturated heterocycles. The molecule has 0 amide bonds. The smallest absolute Gasteiger partial charge is 0.335 e. The Morgan fingerprint density at radius 3 is 1.95 bits per heavy atom. The number of aromatic carboxylic acids is 1. The van der Waals surface area contributed by atoms with Crippen LogP contribution in [0.1, 0.15) is 21.5 Å². The van der Waals surface area contributed by atoms with E-state index in [1.54, 1.807) is 12.1 Å². The number of aryl methyl sites for hydroxylation is 2. The van der Waals surface area contributed by atoms with E-state index in [1.165, 1.54) is 11.1 Å². The molecule has 0 aromatic heterocycles. The van der Waals surface area contributed by atoms with Crippen molar-refractivity contribution in [3.63, 3.8) is 0 Å². The van der Waals surface area contributed by atoms with E-state index in [2.05, 4.69) is 32.0 Å². The molecule has 0 aliphatic rings. The van der Waals surface area contributed by atoms with Crippen molar-refractivity contribution in [2.45, 2.75) is 13.8 Å². The van der Waals surface area contributed by atoms with Gasteiger partial charge in [-0.1, -0.05) is 6.07 Å². The first-order valence-electron chi connectivity index (χ1n) is 6.13. The number of hydrogen-bond acceptors (Lipinski definition) is 2. The van der Waals surface area contributed by atoms with E-state index in [0.29, 0.717) is 5.56 Å². The van der Waals surface area contributed by atoms with Crippen LogP contribution >= 0.6 is 0 Å². The van der Waals surface area contributed by atoms with Crippen molar-refractivity contribution >= 4 is 17.3 Å². The van der Waals surface area contributed by atoms with Gasteiger partial charge in [0.25, 0.3) is 0 Å². The van der Waals surface area contributed by atoms with Gasteiger partial charge in [-0.05, 0) is 61.4 Å². The van der Waals surface area contributed by atoms with E-state index in [9.17, 15) is 4.79 Å². The zero-order chi connectivity index (χ0) is 14.0. The molecule has 0 bridgehead atoms. The fraction of sp³-hybridized carbons (Fsp3) is 0.188. The van der Waals surface area contributed by atoms with E-state index >= 15 is 0 Å². The Labute approximate surface area is 113 Å². The van der Waals surface area contributed by atoms with Crippen molar-refractivity contribution in [2.24, 2.45) is 0 Å². The Kier molecular flexibility index (Phi) is 3.56. The zero-order valence-corrected chi connectivity index (χ0v) is 11.3. The van der Waals surface area contributed by atoms with Gasteiger partial charge in [0.15, 0.2) is 0 Å². The molecule has 2 rings (SSSR count). The molecular weight excluding hydrogens is 238 g/mol. The molecule has 2 aromatic rings. The minimum absolute atomic E-state index is 0.303. The molecule has 0 spiro atoms. The zero-order valence-electron chi connectivity index (χ0n) is 11.3. The summed E-state index contributed by atoms with van der Waals surface area (Å²) in [4.78, 5) is 12.9. The molecule has 1 N–H and O–H groups in total. The lowest BCUT2D eigenvalue weighted by atomic mass is 10.1. The van der Waals surface area contributed by atoms with E-state index in [4.69, 9.17) is 5.11 Å². The van der Waals surface area contributed by atoms with Crippen molar-refractivity contribution in [1.29, 1.82) is 0 Å². The molecule has 19 heavy (non-hydrogen) atoms. The molecule has 0 aliphatic heterocycles. The number of nitrogens with zero attached hydrogens (tertiary/aromatic N) is 1. The summed E-state index contributed by atoms with van der Waals surface area (Å²) in [5.74, 6) is -0.902. The van der Waals surface area contributed by atoms with Crippen LogP contribution in [0.15, 0.2) is 42.5 Å². The standard InChI is InChI=1S/C16H17NO2/c1-11-8-12(2)10-15(9-11)17(3)14-6-4-13(5-7-14)16(18)19/h4-10H,1-3H3,(H,18,19). The predicted molar refractivity (Wildman–Crippen MR) is 77.4 cm³/mol. The maximum absolute atomic E-state index is 10.8. The van der Waals surface area contributed by atoms with Gasteiger partial charge in [-0.15, -0.1) is 0 Å². The fourth-order valence-electron chi connectivity index (χ4n) is 2.12. The molecule has 0 saturated carbocycles. The summed E-state index contributed by atoms with van der Waals surface area (Å²) in [6, 6.07) is 13.2. The maximum Gasteiger partial charge on any atom is 0.335 e. The Morgan fingerprint density at radius 1 is 0.947 bits per heavy atom. The maximum atomic E-state index is 10.8. The van der Waals surface area contributed by atoms with Gasteiger partial charge < -0.3 is 10.0 Å². The van der Waals surface area contributed by atoms with Crippen LogP contribution in [-0.4, -0.2) is 18.1 Å². The highest BCUT2D eigenvalue weighted by atomic mass is 16.4. The van der Waals surface area contributed by atoms with Gasteiger partial charge in [0, 0.05) is 18.4 Å². The number of carboxylic acid groups (broad SMARTS) is 1. The SMILES string of the molecule is Cc1cc(C)cc(N(C)c2ccc(C(=O)O)cc2)c1. The first-order chi connectivity index (χ1) is 8.97. The van der Waals surface area contributed by atoms with Gasteiger partial charge in [0.1, 0.15) is 0 Å². The Hall–Kier alpha value is -2.29. The number of hydrogen-bond donors (Lipinski definition) is 1. The quantitative estimate of drug-likeness (QED) is 0.907. The molecule has 98 valence electrons. The van der Waals surface area contributed by atoms with Crippen LogP contribution in [0.3, 0.4) is 0 Å². The highest BCUT2D eigenvalue weighted by Crippen LogP contribution is 2.25. The molecular formula is C16H17NO2. The van der Waals surface area contributed by atoms with Crippen LogP contribution in [-0.2, 0) is 0 Å². The van der Waals surface area contributed by atoms with E-state index in [-0.39, 0.29) is 0 Å². The second-order valence-electron chi connectivity index (χ2n) is 4.76. The van der Waals surface area contributed by atoms with Crippen LogP contribution in [0.5, 0.6) is 0 Å². The topological polar surface area (TPSA) is 40.5 Å². The van der Waals surface area contributed by atoms with E-state index < -0.39 is 5.97 Å². The molecule has 3 heteroatoms. The molecule has 0 fully saturated rings. The number of carboxylic acids is 1. The third-order valence-corrected chi connectivity index (χ3v) is 3.10. The summed E-state index contributed by atoms with van der Waals surface area (Å²) in [6.45, 7) is 4.13. The highest BCUT2D eigenvalue weighted by molar-refractivity contribution is 5.88. The monoisotopic (exact) mass is 255 g/mol. The van der Waals surface area contributed by atoms with Gasteiger partial charge >= 0.3 is 5.97 Å². The Balaban J connectivity index is 2.32. The van der Waals surface area contributed by atoms with Crippen molar-refractivity contribution in [2.75, 3.05) is 11.9 Å². The summed E-state index contributed by atoms with van der Waals surface area (Å²) < 4.78 is 0. The van der Waals surface area contributed by atoms with Crippen molar-refractivity contribution in [3.8, 4) is 0 Å². The van der Waals surface area contributed by atoms with Crippen LogP contribution in [0.2, 0.25) is 0 Å². The predicted octanol–water partition coefficient (Wildman–Crippen LogP) is 3.77. The molecule has 0 unspecified atom stereocenters. The third kappa shape index (κ3) is 2.94. The number of carbonyl (C=O) groups is 1. The third-order valence-electron chi connectivity index (χ3n) is 3.10. The van der Waals surface area contributed by atoms with Gasteiger partial charge in [-0.25, -0.2) is 4.79 Å². The normalized spacial score (nSPS) is 10.3. The molecule has 0 aliphatic carbocycles. The first kappa shape index (κ1) is 13.1. The van der Waals surface area contributed by atoms with Crippen molar-refractivity contribution in [3.05, 3.63) is 59.2 Å².